The summed E-state index contributed by atoms with van der Waals surface area (Å²) in [4.78, 5) is 11.3. The van der Waals surface area contributed by atoms with Crippen molar-refractivity contribution in [2.24, 2.45) is 0 Å². The number of esters is 1. The van der Waals surface area contributed by atoms with Crippen LogP contribution in [-0.4, -0.2) is 20.8 Å². The third-order valence-electron chi connectivity index (χ3n) is 2.15. The Bertz CT molecular complexity index is 280. The Kier molecular flexibility index (Phi) is 2.54. The van der Waals surface area contributed by atoms with E-state index in [9.17, 15) is 4.79 Å². The summed E-state index contributed by atoms with van der Waals surface area (Å²) in [5.41, 5.74) is 0.330. The maximum absolute atomic E-state index is 11.3. The van der Waals surface area contributed by atoms with Crippen LogP contribution in [0.5, 0.6) is 0 Å². The van der Waals surface area contributed by atoms with Crippen LogP contribution >= 0.6 is 11.7 Å². The molecule has 0 spiro atoms. The first-order chi connectivity index (χ1) is 6.36. The molecule has 2 rings (SSSR count). The van der Waals surface area contributed by atoms with Crippen LogP contribution in [0.2, 0.25) is 0 Å². The Balaban J connectivity index is 1.91. The standard InChI is InChI=1S/C8H10N2O2S/c11-8(7-5-9-13-10-7)12-6-3-1-2-4-6/h5-6H,1-4H2. The van der Waals surface area contributed by atoms with Crippen molar-refractivity contribution in [1.82, 2.24) is 8.75 Å². The van der Waals surface area contributed by atoms with Gasteiger partial charge in [0.1, 0.15) is 6.10 Å². The van der Waals surface area contributed by atoms with Crippen molar-refractivity contribution in [2.45, 2.75) is 31.8 Å². The quantitative estimate of drug-likeness (QED) is 0.678. The molecule has 70 valence electrons. The minimum atomic E-state index is -0.333. The molecule has 1 heterocycles. The first-order valence-electron chi connectivity index (χ1n) is 4.35. The van der Waals surface area contributed by atoms with Crippen LogP contribution in [0.4, 0.5) is 0 Å². The molecular weight excluding hydrogens is 188 g/mol. The lowest BCUT2D eigenvalue weighted by atomic mass is 10.3. The number of aromatic nitrogens is 2. The van der Waals surface area contributed by atoms with Gasteiger partial charge in [0.05, 0.1) is 17.9 Å². The Morgan fingerprint density at radius 1 is 1.54 bits per heavy atom. The van der Waals surface area contributed by atoms with Gasteiger partial charge < -0.3 is 4.74 Å². The van der Waals surface area contributed by atoms with Crippen LogP contribution in [0.25, 0.3) is 0 Å². The summed E-state index contributed by atoms with van der Waals surface area (Å²) in [6.07, 6.45) is 5.85. The van der Waals surface area contributed by atoms with Crippen molar-refractivity contribution >= 4 is 17.7 Å². The van der Waals surface area contributed by atoms with Crippen molar-refractivity contribution in [2.75, 3.05) is 0 Å². The summed E-state index contributed by atoms with van der Waals surface area (Å²) in [5.74, 6) is -0.333. The van der Waals surface area contributed by atoms with Crippen molar-refractivity contribution < 1.29 is 9.53 Å². The van der Waals surface area contributed by atoms with Crippen molar-refractivity contribution in [3.63, 3.8) is 0 Å². The molecule has 0 aromatic carbocycles. The van der Waals surface area contributed by atoms with Gasteiger partial charge in [-0.3, -0.25) is 0 Å². The molecule has 5 heteroatoms. The van der Waals surface area contributed by atoms with E-state index in [1.165, 1.54) is 6.20 Å². The highest BCUT2D eigenvalue weighted by Gasteiger charge is 2.21. The average Bonchev–Trinajstić information content (AvgIpc) is 2.74. The monoisotopic (exact) mass is 198 g/mol. The first-order valence-corrected chi connectivity index (χ1v) is 5.08. The van der Waals surface area contributed by atoms with Crippen molar-refractivity contribution in [3.05, 3.63) is 11.9 Å². The van der Waals surface area contributed by atoms with E-state index >= 15 is 0 Å². The molecule has 13 heavy (non-hydrogen) atoms. The summed E-state index contributed by atoms with van der Waals surface area (Å²) in [6.45, 7) is 0. The maximum atomic E-state index is 11.3. The molecule has 1 aromatic heterocycles. The van der Waals surface area contributed by atoms with Crippen LogP contribution in [0, 0.1) is 0 Å². The van der Waals surface area contributed by atoms with Gasteiger partial charge in [-0.1, -0.05) is 0 Å². The van der Waals surface area contributed by atoms with E-state index in [-0.39, 0.29) is 12.1 Å². The normalized spacial score (nSPS) is 17.5. The van der Waals surface area contributed by atoms with Crippen LogP contribution in [0.15, 0.2) is 6.20 Å². The third kappa shape index (κ3) is 2.03. The SMILES string of the molecule is O=C(OC1CCCC1)c1cnsn1. The van der Waals surface area contributed by atoms with Gasteiger partial charge in [-0.15, -0.1) is 0 Å². The van der Waals surface area contributed by atoms with Gasteiger partial charge in [-0.2, -0.15) is 8.75 Å². The molecule has 0 amide bonds. The lowest BCUT2D eigenvalue weighted by molar-refractivity contribution is 0.0312. The molecule has 0 aliphatic heterocycles. The molecule has 0 atom stereocenters. The third-order valence-corrected chi connectivity index (χ3v) is 2.62. The van der Waals surface area contributed by atoms with Crippen LogP contribution < -0.4 is 0 Å². The molecule has 0 unspecified atom stereocenters. The lowest BCUT2D eigenvalue weighted by Crippen LogP contribution is -2.14. The maximum Gasteiger partial charge on any atom is 0.360 e. The second kappa shape index (κ2) is 3.83. The number of hydrogen-bond acceptors (Lipinski definition) is 5. The van der Waals surface area contributed by atoms with Gasteiger partial charge in [-0.05, 0) is 25.7 Å². The fourth-order valence-electron chi connectivity index (χ4n) is 1.47. The zero-order valence-electron chi connectivity index (χ0n) is 7.10. The first kappa shape index (κ1) is 8.62. The average molecular weight is 198 g/mol. The van der Waals surface area contributed by atoms with Crippen molar-refractivity contribution in [3.8, 4) is 0 Å². The molecule has 1 aliphatic carbocycles. The van der Waals surface area contributed by atoms with Gasteiger partial charge in [0.25, 0.3) is 0 Å². The topological polar surface area (TPSA) is 52.1 Å². The second-order valence-electron chi connectivity index (χ2n) is 3.10. The minimum Gasteiger partial charge on any atom is -0.458 e. The Morgan fingerprint density at radius 3 is 2.92 bits per heavy atom. The van der Waals surface area contributed by atoms with E-state index in [2.05, 4.69) is 8.75 Å². The summed E-state index contributed by atoms with van der Waals surface area (Å²) >= 11 is 1.02. The fraction of sp³-hybridized carbons (Fsp3) is 0.625. The molecule has 0 saturated heterocycles. The number of nitrogens with zero attached hydrogens (tertiary/aromatic N) is 2. The minimum absolute atomic E-state index is 0.106. The number of carbonyl (C=O) groups excluding carboxylic acids is 1. The number of hydrogen-bond donors (Lipinski definition) is 0. The number of rotatable bonds is 2. The molecular formula is C8H10N2O2S. The molecule has 1 fully saturated rings. The van der Waals surface area contributed by atoms with Gasteiger partial charge >= 0.3 is 5.97 Å². The Hall–Kier alpha value is -0.970. The smallest absolute Gasteiger partial charge is 0.360 e. The highest BCUT2D eigenvalue weighted by atomic mass is 32.1. The van der Waals surface area contributed by atoms with Gasteiger partial charge in [0, 0.05) is 0 Å². The number of ether oxygens (including phenoxy) is 1. The predicted octanol–water partition coefficient (Wildman–Crippen LogP) is 1.64. The summed E-state index contributed by atoms with van der Waals surface area (Å²) in [5, 5.41) is 0. The molecule has 1 aromatic rings. The van der Waals surface area contributed by atoms with E-state index in [1.807, 2.05) is 0 Å². The fourth-order valence-corrected chi connectivity index (χ4v) is 1.88. The molecule has 0 N–H and O–H groups in total. The zero-order chi connectivity index (χ0) is 9.10. The van der Waals surface area contributed by atoms with E-state index < -0.39 is 0 Å². The molecule has 4 nitrogen and oxygen atoms in total. The van der Waals surface area contributed by atoms with Crippen LogP contribution in [-0.2, 0) is 4.74 Å². The Labute approximate surface area is 80.3 Å². The lowest BCUT2D eigenvalue weighted by Gasteiger charge is -2.08. The summed E-state index contributed by atoms with van der Waals surface area (Å²) in [7, 11) is 0. The van der Waals surface area contributed by atoms with Crippen LogP contribution in [0.3, 0.4) is 0 Å². The Morgan fingerprint density at radius 2 is 2.31 bits per heavy atom. The van der Waals surface area contributed by atoms with E-state index in [0.29, 0.717) is 5.69 Å². The van der Waals surface area contributed by atoms with E-state index in [1.54, 1.807) is 0 Å². The van der Waals surface area contributed by atoms with Gasteiger partial charge in [0.2, 0.25) is 0 Å². The van der Waals surface area contributed by atoms with Gasteiger partial charge in [0.15, 0.2) is 5.69 Å². The summed E-state index contributed by atoms with van der Waals surface area (Å²) in [6, 6.07) is 0. The highest BCUT2D eigenvalue weighted by Crippen LogP contribution is 2.21. The molecule has 0 bridgehead atoms. The predicted molar refractivity (Wildman–Crippen MR) is 47.6 cm³/mol. The van der Waals surface area contributed by atoms with E-state index in [0.717, 1.165) is 37.4 Å². The van der Waals surface area contributed by atoms with Gasteiger partial charge in [-0.25, -0.2) is 4.79 Å². The zero-order valence-corrected chi connectivity index (χ0v) is 7.92. The molecule has 1 aliphatic rings. The largest absolute Gasteiger partial charge is 0.458 e. The molecule has 0 radical (unpaired) electrons. The summed E-state index contributed by atoms with van der Waals surface area (Å²) < 4.78 is 12.8. The molecule has 1 saturated carbocycles. The number of carbonyl (C=O) groups is 1. The van der Waals surface area contributed by atoms with Crippen LogP contribution in [0.1, 0.15) is 36.2 Å². The van der Waals surface area contributed by atoms with E-state index in [4.69, 9.17) is 4.74 Å². The van der Waals surface area contributed by atoms with Crippen molar-refractivity contribution in [1.29, 1.82) is 0 Å². The second-order valence-corrected chi connectivity index (χ2v) is 3.66. The highest BCUT2D eigenvalue weighted by molar-refractivity contribution is 6.99.